The standard InChI is InChI=1S/C10H13BrN2O4S/c1-10(2,3)17-9(15)13-6-5(7(14)16-4)12-8(11)18-6/h1-4H3,(H,13,15). The second kappa shape index (κ2) is 5.66. The highest BCUT2D eigenvalue weighted by Crippen LogP contribution is 2.29. The lowest BCUT2D eigenvalue weighted by Crippen LogP contribution is -2.27. The van der Waals surface area contributed by atoms with Crippen molar-refractivity contribution < 1.29 is 19.1 Å². The van der Waals surface area contributed by atoms with Crippen LogP contribution < -0.4 is 5.32 Å². The van der Waals surface area contributed by atoms with Crippen molar-refractivity contribution in [3.05, 3.63) is 9.61 Å². The summed E-state index contributed by atoms with van der Waals surface area (Å²) in [6.07, 6.45) is -0.649. The molecule has 18 heavy (non-hydrogen) atoms. The maximum Gasteiger partial charge on any atom is 0.412 e. The molecule has 0 radical (unpaired) electrons. The molecule has 0 fully saturated rings. The number of nitrogens with one attached hydrogen (secondary N) is 1. The van der Waals surface area contributed by atoms with Gasteiger partial charge in [-0.05, 0) is 36.7 Å². The van der Waals surface area contributed by atoms with Gasteiger partial charge in [0.1, 0.15) is 10.6 Å². The van der Waals surface area contributed by atoms with E-state index in [0.29, 0.717) is 3.92 Å². The molecule has 0 saturated carbocycles. The van der Waals surface area contributed by atoms with Crippen LogP contribution in [-0.4, -0.2) is 29.8 Å². The van der Waals surface area contributed by atoms with Gasteiger partial charge in [0.25, 0.3) is 0 Å². The molecule has 1 rings (SSSR count). The molecule has 0 aliphatic carbocycles. The van der Waals surface area contributed by atoms with Gasteiger partial charge in [0.05, 0.1) is 7.11 Å². The summed E-state index contributed by atoms with van der Waals surface area (Å²) in [7, 11) is 1.24. The van der Waals surface area contributed by atoms with Crippen molar-refractivity contribution in [2.45, 2.75) is 26.4 Å². The van der Waals surface area contributed by atoms with Crippen LogP contribution in [0.3, 0.4) is 0 Å². The first kappa shape index (κ1) is 14.9. The molecule has 100 valence electrons. The smallest absolute Gasteiger partial charge is 0.412 e. The van der Waals surface area contributed by atoms with E-state index in [1.807, 2.05) is 0 Å². The summed E-state index contributed by atoms with van der Waals surface area (Å²) in [4.78, 5) is 26.9. The maximum atomic E-state index is 11.6. The van der Waals surface area contributed by atoms with Gasteiger partial charge in [-0.1, -0.05) is 11.3 Å². The number of hydrogen-bond donors (Lipinski definition) is 1. The third-order valence-corrected chi connectivity index (χ3v) is 3.02. The van der Waals surface area contributed by atoms with E-state index in [-0.39, 0.29) is 10.7 Å². The highest BCUT2D eigenvalue weighted by atomic mass is 79.9. The molecule has 0 unspecified atom stereocenters. The Morgan fingerprint density at radius 1 is 1.39 bits per heavy atom. The number of anilines is 1. The number of ether oxygens (including phenoxy) is 2. The third-order valence-electron chi connectivity index (χ3n) is 1.59. The number of thiazole rings is 1. The first-order valence-corrected chi connectivity index (χ1v) is 6.58. The molecule has 0 spiro atoms. The monoisotopic (exact) mass is 336 g/mol. The highest BCUT2D eigenvalue weighted by Gasteiger charge is 2.22. The fourth-order valence-corrected chi connectivity index (χ4v) is 2.34. The molecule has 1 N–H and O–H groups in total. The van der Waals surface area contributed by atoms with Crippen LogP contribution in [0.4, 0.5) is 9.80 Å². The van der Waals surface area contributed by atoms with E-state index in [4.69, 9.17) is 4.74 Å². The number of hydrogen-bond acceptors (Lipinski definition) is 6. The molecule has 0 atom stereocenters. The summed E-state index contributed by atoms with van der Waals surface area (Å²) in [6, 6.07) is 0. The van der Waals surface area contributed by atoms with Crippen molar-refractivity contribution in [1.82, 2.24) is 4.98 Å². The molecule has 1 heterocycles. The summed E-state index contributed by atoms with van der Waals surface area (Å²) in [6.45, 7) is 5.24. The zero-order valence-electron chi connectivity index (χ0n) is 10.4. The van der Waals surface area contributed by atoms with E-state index >= 15 is 0 Å². The van der Waals surface area contributed by atoms with Gasteiger partial charge >= 0.3 is 12.1 Å². The van der Waals surface area contributed by atoms with Gasteiger partial charge in [0.2, 0.25) is 0 Å². The van der Waals surface area contributed by atoms with Crippen LogP contribution in [0, 0.1) is 0 Å². The lowest BCUT2D eigenvalue weighted by atomic mass is 10.2. The lowest BCUT2D eigenvalue weighted by Gasteiger charge is -2.19. The number of aromatic nitrogens is 1. The van der Waals surface area contributed by atoms with E-state index in [0.717, 1.165) is 11.3 Å². The van der Waals surface area contributed by atoms with Crippen molar-refractivity contribution >= 4 is 44.3 Å². The van der Waals surface area contributed by atoms with Crippen molar-refractivity contribution in [3.8, 4) is 0 Å². The van der Waals surface area contributed by atoms with Crippen LogP contribution in [0.5, 0.6) is 0 Å². The quantitative estimate of drug-likeness (QED) is 0.840. The maximum absolute atomic E-state index is 11.6. The number of carbonyl (C=O) groups excluding carboxylic acids is 2. The minimum Gasteiger partial charge on any atom is -0.464 e. The third kappa shape index (κ3) is 4.26. The van der Waals surface area contributed by atoms with E-state index in [1.165, 1.54) is 7.11 Å². The Kier molecular flexibility index (Phi) is 4.69. The minimum atomic E-state index is -0.649. The number of nitrogens with zero attached hydrogens (tertiary/aromatic N) is 1. The predicted molar refractivity (Wildman–Crippen MR) is 71.0 cm³/mol. The summed E-state index contributed by atoms with van der Waals surface area (Å²) in [5.41, 5.74) is -0.572. The molecule has 0 bridgehead atoms. The van der Waals surface area contributed by atoms with Crippen molar-refractivity contribution in [2.24, 2.45) is 0 Å². The summed E-state index contributed by atoms with van der Waals surface area (Å²) in [5, 5.41) is 2.75. The van der Waals surface area contributed by atoms with Crippen LogP contribution in [0.1, 0.15) is 31.3 Å². The molecule has 1 aromatic heterocycles. The van der Waals surface area contributed by atoms with Crippen LogP contribution in [0.25, 0.3) is 0 Å². The average Bonchev–Trinajstić information content (AvgIpc) is 2.55. The van der Waals surface area contributed by atoms with Crippen molar-refractivity contribution in [2.75, 3.05) is 12.4 Å². The Balaban J connectivity index is 2.84. The number of amides is 1. The Bertz CT molecular complexity index is 467. The molecule has 1 aromatic rings. The summed E-state index contributed by atoms with van der Waals surface area (Å²) in [5.74, 6) is -0.622. The van der Waals surface area contributed by atoms with Gasteiger partial charge in [0, 0.05) is 0 Å². The Morgan fingerprint density at radius 2 is 2.00 bits per heavy atom. The number of rotatable bonds is 2. The van der Waals surface area contributed by atoms with Crippen LogP contribution in [0.2, 0.25) is 0 Å². The first-order chi connectivity index (χ1) is 8.23. The summed E-state index contributed by atoms with van der Waals surface area (Å²) >= 11 is 4.24. The zero-order valence-corrected chi connectivity index (χ0v) is 12.8. The Morgan fingerprint density at radius 3 is 2.50 bits per heavy atom. The van der Waals surface area contributed by atoms with Crippen LogP contribution in [0.15, 0.2) is 3.92 Å². The van der Waals surface area contributed by atoms with Crippen LogP contribution >= 0.6 is 27.3 Å². The molecule has 0 aliphatic heterocycles. The van der Waals surface area contributed by atoms with E-state index < -0.39 is 17.7 Å². The topological polar surface area (TPSA) is 77.5 Å². The van der Waals surface area contributed by atoms with Crippen LogP contribution in [-0.2, 0) is 9.47 Å². The van der Waals surface area contributed by atoms with Crippen molar-refractivity contribution in [1.29, 1.82) is 0 Å². The van der Waals surface area contributed by atoms with Gasteiger partial charge in [-0.3, -0.25) is 5.32 Å². The van der Waals surface area contributed by atoms with E-state index in [2.05, 4.69) is 31.0 Å². The largest absolute Gasteiger partial charge is 0.464 e. The van der Waals surface area contributed by atoms with Gasteiger partial charge in [-0.15, -0.1) is 0 Å². The van der Waals surface area contributed by atoms with Gasteiger partial charge in [-0.2, -0.15) is 0 Å². The molecule has 0 aliphatic rings. The average molecular weight is 337 g/mol. The van der Waals surface area contributed by atoms with Gasteiger partial charge in [-0.25, -0.2) is 14.6 Å². The molecule has 0 saturated heterocycles. The zero-order chi connectivity index (χ0) is 13.9. The van der Waals surface area contributed by atoms with E-state index in [1.54, 1.807) is 20.8 Å². The number of halogens is 1. The second-order valence-corrected chi connectivity index (χ2v) is 6.54. The number of carbonyl (C=O) groups is 2. The van der Waals surface area contributed by atoms with Gasteiger partial charge in [0.15, 0.2) is 9.61 Å². The molecule has 1 amide bonds. The highest BCUT2D eigenvalue weighted by molar-refractivity contribution is 9.11. The summed E-state index contributed by atoms with van der Waals surface area (Å²) < 4.78 is 10.1. The minimum absolute atomic E-state index is 0.0419. The van der Waals surface area contributed by atoms with Gasteiger partial charge < -0.3 is 9.47 Å². The molecule has 8 heteroatoms. The predicted octanol–water partition coefficient (Wildman–Crippen LogP) is 3.04. The molecule has 0 aromatic carbocycles. The molecule has 6 nitrogen and oxygen atoms in total. The number of methoxy groups -OCH3 is 1. The van der Waals surface area contributed by atoms with E-state index in [9.17, 15) is 9.59 Å². The fraction of sp³-hybridized carbons (Fsp3) is 0.500. The first-order valence-electron chi connectivity index (χ1n) is 4.97. The lowest BCUT2D eigenvalue weighted by molar-refractivity contribution is 0.0596. The fourth-order valence-electron chi connectivity index (χ4n) is 1.01. The SMILES string of the molecule is COC(=O)c1nc(Br)sc1NC(=O)OC(C)(C)C. The molecular formula is C10H13BrN2O4S. The Hall–Kier alpha value is -1.15. The second-order valence-electron chi connectivity index (χ2n) is 4.26. The normalized spacial score (nSPS) is 10.9. The Labute approximate surface area is 117 Å². The molecular weight excluding hydrogens is 324 g/mol. The van der Waals surface area contributed by atoms with Crippen molar-refractivity contribution in [3.63, 3.8) is 0 Å². The number of esters is 1.